The summed E-state index contributed by atoms with van der Waals surface area (Å²) in [5, 5.41) is 2.98. The Labute approximate surface area is 138 Å². The van der Waals surface area contributed by atoms with Crippen molar-refractivity contribution in [2.24, 2.45) is 5.73 Å². The van der Waals surface area contributed by atoms with Crippen LogP contribution in [0.4, 0.5) is 0 Å². The normalized spacial score (nSPS) is 12.4. The summed E-state index contributed by atoms with van der Waals surface area (Å²) in [6.45, 7) is 6.98. The average molecular weight is 331 g/mol. The largest absolute Gasteiger partial charge is 0.354 e. The Morgan fingerprint density at radius 1 is 1.38 bits per heavy atom. The van der Waals surface area contributed by atoms with Crippen molar-refractivity contribution < 1.29 is 4.79 Å². The predicted molar refractivity (Wildman–Crippen MR) is 95.4 cm³/mol. The van der Waals surface area contributed by atoms with Crippen LogP contribution in [-0.4, -0.2) is 30.5 Å². The van der Waals surface area contributed by atoms with Crippen molar-refractivity contribution in [2.45, 2.75) is 38.6 Å². The van der Waals surface area contributed by atoms with Gasteiger partial charge in [0.2, 0.25) is 5.91 Å². The lowest BCUT2D eigenvalue weighted by atomic mass is 9.82. The molecule has 3 N–H and O–H groups in total. The van der Waals surface area contributed by atoms with Gasteiger partial charge in [0, 0.05) is 12.0 Å². The third kappa shape index (κ3) is 6.29. The number of amides is 1. The minimum atomic E-state index is -0.407. The van der Waals surface area contributed by atoms with E-state index in [-0.39, 0.29) is 23.7 Å². The third-order valence-electron chi connectivity index (χ3n) is 3.55. The molecule has 3 nitrogen and oxygen atoms in total. The first-order valence-electron chi connectivity index (χ1n) is 6.97. The molecular formula is C16H27ClN2OS. The van der Waals surface area contributed by atoms with Crippen LogP contribution in [0.1, 0.15) is 31.4 Å². The summed E-state index contributed by atoms with van der Waals surface area (Å²) >= 11 is 1.71. The van der Waals surface area contributed by atoms with Crippen molar-refractivity contribution in [1.29, 1.82) is 0 Å². The van der Waals surface area contributed by atoms with Crippen LogP contribution in [0.25, 0.3) is 0 Å². The van der Waals surface area contributed by atoms with Gasteiger partial charge in [-0.25, -0.2) is 0 Å². The second-order valence-electron chi connectivity index (χ2n) is 5.80. The van der Waals surface area contributed by atoms with Crippen molar-refractivity contribution in [2.75, 3.05) is 18.6 Å². The van der Waals surface area contributed by atoms with E-state index in [1.807, 2.05) is 18.4 Å². The second-order valence-corrected chi connectivity index (χ2v) is 6.79. The molecule has 1 aromatic rings. The van der Waals surface area contributed by atoms with Crippen molar-refractivity contribution >= 4 is 30.1 Å². The summed E-state index contributed by atoms with van der Waals surface area (Å²) in [5.74, 6) is 0.858. The lowest BCUT2D eigenvalue weighted by Crippen LogP contribution is -2.45. The van der Waals surface area contributed by atoms with E-state index < -0.39 is 6.04 Å². The first kappa shape index (κ1) is 20.3. The van der Waals surface area contributed by atoms with E-state index >= 15 is 0 Å². The molecule has 0 unspecified atom stereocenters. The van der Waals surface area contributed by atoms with Crippen LogP contribution >= 0.6 is 24.2 Å². The van der Waals surface area contributed by atoms with Crippen LogP contribution in [0, 0.1) is 6.92 Å². The maximum Gasteiger partial charge on any atom is 0.236 e. The molecule has 120 valence electrons. The van der Waals surface area contributed by atoms with E-state index in [1.165, 1.54) is 11.1 Å². The number of hydrogen-bond donors (Lipinski definition) is 2. The number of carbonyl (C=O) groups excluding carboxylic acids is 1. The van der Waals surface area contributed by atoms with Crippen molar-refractivity contribution in [3.8, 4) is 0 Å². The Balaban J connectivity index is 0.00000400. The molecule has 0 saturated carbocycles. The summed E-state index contributed by atoms with van der Waals surface area (Å²) < 4.78 is 0. The second kappa shape index (κ2) is 9.34. The molecule has 1 aromatic carbocycles. The molecule has 0 bridgehead atoms. The molecule has 0 aliphatic carbocycles. The highest BCUT2D eigenvalue weighted by atomic mass is 35.5. The Morgan fingerprint density at radius 3 is 2.57 bits per heavy atom. The van der Waals surface area contributed by atoms with Crippen LogP contribution in [-0.2, 0) is 10.2 Å². The number of benzene rings is 1. The molecule has 0 heterocycles. The summed E-state index contributed by atoms with van der Waals surface area (Å²) in [6.07, 6.45) is 2.74. The minimum Gasteiger partial charge on any atom is -0.354 e. The lowest BCUT2D eigenvalue weighted by molar-refractivity contribution is -0.122. The van der Waals surface area contributed by atoms with Gasteiger partial charge in [-0.2, -0.15) is 11.8 Å². The average Bonchev–Trinajstić information content (AvgIpc) is 2.42. The van der Waals surface area contributed by atoms with E-state index in [0.717, 1.165) is 12.2 Å². The molecule has 0 fully saturated rings. The molecule has 0 aliphatic rings. The highest BCUT2D eigenvalue weighted by Gasteiger charge is 2.24. The van der Waals surface area contributed by atoms with E-state index in [4.69, 9.17) is 5.73 Å². The Kier molecular flexibility index (Phi) is 9.02. The number of rotatable bonds is 7. The number of nitrogens with two attached hydrogens (primary N) is 1. The molecule has 5 heteroatoms. The zero-order chi connectivity index (χ0) is 15.2. The Morgan fingerprint density at radius 2 is 2.00 bits per heavy atom. The lowest BCUT2D eigenvalue weighted by Gasteiger charge is -2.28. The minimum absolute atomic E-state index is 0. The highest BCUT2D eigenvalue weighted by Crippen LogP contribution is 2.25. The summed E-state index contributed by atoms with van der Waals surface area (Å²) in [6, 6.07) is 7.88. The number of hydrogen-bond acceptors (Lipinski definition) is 3. The van der Waals surface area contributed by atoms with Crippen molar-refractivity contribution in [3.05, 3.63) is 35.4 Å². The molecule has 1 rings (SSSR count). The molecule has 1 atom stereocenters. The quantitative estimate of drug-likeness (QED) is 0.808. The topological polar surface area (TPSA) is 55.1 Å². The molecule has 0 aromatic heterocycles. The number of carbonyl (C=O) groups is 1. The van der Waals surface area contributed by atoms with Crippen molar-refractivity contribution in [1.82, 2.24) is 5.32 Å². The third-order valence-corrected chi connectivity index (χ3v) is 4.19. The monoisotopic (exact) mass is 330 g/mol. The zero-order valence-electron chi connectivity index (χ0n) is 13.3. The number of thioether (sulfide) groups is 1. The molecule has 0 saturated heterocycles. The van der Waals surface area contributed by atoms with Crippen molar-refractivity contribution in [3.63, 3.8) is 0 Å². The van der Waals surface area contributed by atoms with Gasteiger partial charge in [-0.15, -0.1) is 12.4 Å². The maximum atomic E-state index is 12.0. The standard InChI is InChI=1S/C16H26N2OS.ClH/c1-12-7-5-6-8-13(12)16(2,3)11-18-15(19)14(17)9-10-20-4;/h5-8,14H,9-11,17H2,1-4H3,(H,18,19);1H/t14-;/m0./s1. The van der Waals surface area contributed by atoms with Gasteiger partial charge >= 0.3 is 0 Å². The number of aryl methyl sites for hydroxylation is 1. The van der Waals surface area contributed by atoms with Crippen LogP contribution in [0.3, 0.4) is 0 Å². The molecule has 1 amide bonds. The van der Waals surface area contributed by atoms with E-state index in [0.29, 0.717) is 6.54 Å². The van der Waals surface area contributed by atoms with Crippen LogP contribution in [0.15, 0.2) is 24.3 Å². The van der Waals surface area contributed by atoms with Gasteiger partial charge in [-0.05, 0) is 36.5 Å². The van der Waals surface area contributed by atoms with Gasteiger partial charge in [0.1, 0.15) is 0 Å². The van der Waals surface area contributed by atoms with Gasteiger partial charge in [-0.3, -0.25) is 4.79 Å². The van der Waals surface area contributed by atoms with Crippen LogP contribution < -0.4 is 11.1 Å². The predicted octanol–water partition coefficient (Wildman–Crippen LogP) is 2.89. The molecule has 0 radical (unpaired) electrons. The summed E-state index contributed by atoms with van der Waals surface area (Å²) in [5.41, 5.74) is 8.29. The smallest absolute Gasteiger partial charge is 0.236 e. The fourth-order valence-corrected chi connectivity index (χ4v) is 2.73. The number of halogens is 1. The van der Waals surface area contributed by atoms with E-state index in [2.05, 4.69) is 38.2 Å². The highest BCUT2D eigenvalue weighted by molar-refractivity contribution is 7.98. The molecule has 0 aliphatic heterocycles. The van der Waals surface area contributed by atoms with Gasteiger partial charge in [0.05, 0.1) is 6.04 Å². The zero-order valence-corrected chi connectivity index (χ0v) is 14.9. The SMILES string of the molecule is CSCC[C@H](N)C(=O)NCC(C)(C)c1ccccc1C.Cl. The summed E-state index contributed by atoms with van der Waals surface area (Å²) in [7, 11) is 0. The van der Waals surface area contributed by atoms with Gasteiger partial charge in [0.25, 0.3) is 0 Å². The van der Waals surface area contributed by atoms with Gasteiger partial charge < -0.3 is 11.1 Å². The van der Waals surface area contributed by atoms with E-state index in [1.54, 1.807) is 11.8 Å². The maximum absolute atomic E-state index is 12.0. The first-order valence-corrected chi connectivity index (χ1v) is 8.36. The first-order chi connectivity index (χ1) is 9.38. The van der Waals surface area contributed by atoms with E-state index in [9.17, 15) is 4.79 Å². The molecular weight excluding hydrogens is 304 g/mol. The molecule has 0 spiro atoms. The van der Waals surface area contributed by atoms with Crippen LogP contribution in [0.5, 0.6) is 0 Å². The molecule has 21 heavy (non-hydrogen) atoms. The number of nitrogens with one attached hydrogen (secondary N) is 1. The Bertz CT molecular complexity index is 452. The Hall–Kier alpha value is -0.710. The van der Waals surface area contributed by atoms with Gasteiger partial charge in [-0.1, -0.05) is 38.1 Å². The van der Waals surface area contributed by atoms with Gasteiger partial charge in [0.15, 0.2) is 0 Å². The van der Waals surface area contributed by atoms with Crippen LogP contribution in [0.2, 0.25) is 0 Å². The fourth-order valence-electron chi connectivity index (χ4n) is 2.24. The fraction of sp³-hybridized carbons (Fsp3) is 0.562. The summed E-state index contributed by atoms with van der Waals surface area (Å²) in [4.78, 5) is 12.0.